The normalized spacial score (nSPS) is 17.8. The minimum absolute atomic E-state index is 0.0285. The van der Waals surface area contributed by atoms with Crippen LogP contribution in [0.15, 0.2) is 78.4 Å². The minimum Gasteiger partial charge on any atom is -0.507 e. The van der Waals surface area contributed by atoms with Gasteiger partial charge < -0.3 is 9.84 Å². The highest BCUT2D eigenvalue weighted by Crippen LogP contribution is 2.43. The molecule has 6 heteroatoms. The largest absolute Gasteiger partial charge is 0.507 e. The number of carbonyl (C=O) groups is 2. The van der Waals surface area contributed by atoms with E-state index in [0.717, 1.165) is 5.56 Å². The van der Waals surface area contributed by atoms with Crippen LogP contribution in [0.5, 0.6) is 5.75 Å². The van der Waals surface area contributed by atoms with Gasteiger partial charge in [-0.25, -0.2) is 0 Å². The molecule has 0 spiro atoms. The molecule has 0 radical (unpaired) electrons. The van der Waals surface area contributed by atoms with Gasteiger partial charge in [-0.05, 0) is 60.5 Å². The van der Waals surface area contributed by atoms with Gasteiger partial charge >= 0.3 is 0 Å². The van der Waals surface area contributed by atoms with Gasteiger partial charge in [0.05, 0.1) is 18.7 Å². The number of aliphatic hydroxyl groups is 1. The van der Waals surface area contributed by atoms with Gasteiger partial charge in [0, 0.05) is 16.3 Å². The second-order valence-electron chi connectivity index (χ2n) is 7.24. The van der Waals surface area contributed by atoms with Crippen LogP contribution in [-0.4, -0.2) is 23.9 Å². The highest BCUT2D eigenvalue weighted by Gasteiger charge is 2.47. The van der Waals surface area contributed by atoms with E-state index in [9.17, 15) is 14.7 Å². The molecular formula is C25H20ClNO4. The molecular weight excluding hydrogens is 414 g/mol. The average Bonchev–Trinajstić information content (AvgIpc) is 3.05. The van der Waals surface area contributed by atoms with Gasteiger partial charge in [-0.3, -0.25) is 14.5 Å². The summed E-state index contributed by atoms with van der Waals surface area (Å²) < 4.78 is 5.24. The van der Waals surface area contributed by atoms with Crippen molar-refractivity contribution in [2.75, 3.05) is 12.0 Å². The maximum Gasteiger partial charge on any atom is 0.300 e. The van der Waals surface area contributed by atoms with E-state index in [-0.39, 0.29) is 11.3 Å². The number of ketones is 1. The Bertz CT molecular complexity index is 1180. The molecule has 3 aromatic carbocycles. The van der Waals surface area contributed by atoms with Crippen LogP contribution in [0.1, 0.15) is 22.7 Å². The summed E-state index contributed by atoms with van der Waals surface area (Å²) in [6, 6.07) is 20.1. The van der Waals surface area contributed by atoms with Gasteiger partial charge in [-0.15, -0.1) is 0 Å². The maximum atomic E-state index is 13.2. The zero-order valence-corrected chi connectivity index (χ0v) is 17.8. The van der Waals surface area contributed by atoms with Crippen molar-refractivity contribution in [3.63, 3.8) is 0 Å². The third kappa shape index (κ3) is 3.68. The number of nitrogens with zero attached hydrogens (tertiary/aromatic N) is 1. The molecule has 1 N–H and O–H groups in total. The summed E-state index contributed by atoms with van der Waals surface area (Å²) in [4.78, 5) is 27.7. The average molecular weight is 434 g/mol. The molecule has 1 heterocycles. The Kier molecular flexibility index (Phi) is 5.53. The van der Waals surface area contributed by atoms with E-state index in [1.165, 1.54) is 4.90 Å². The number of halogens is 1. The molecule has 0 saturated carbocycles. The van der Waals surface area contributed by atoms with Crippen molar-refractivity contribution in [1.82, 2.24) is 0 Å². The van der Waals surface area contributed by atoms with Crippen molar-refractivity contribution in [1.29, 1.82) is 0 Å². The number of methoxy groups -OCH3 is 1. The summed E-state index contributed by atoms with van der Waals surface area (Å²) >= 11 is 5.96. The van der Waals surface area contributed by atoms with Crippen molar-refractivity contribution < 1.29 is 19.4 Å². The van der Waals surface area contributed by atoms with Gasteiger partial charge in [-0.2, -0.15) is 0 Å². The van der Waals surface area contributed by atoms with Crippen LogP contribution >= 0.6 is 11.6 Å². The molecule has 0 aromatic heterocycles. The van der Waals surface area contributed by atoms with E-state index < -0.39 is 17.7 Å². The lowest BCUT2D eigenvalue weighted by molar-refractivity contribution is -0.132. The zero-order valence-electron chi connectivity index (χ0n) is 17.0. The first-order valence-electron chi connectivity index (χ1n) is 9.69. The molecule has 1 aliphatic rings. The Hall–Kier alpha value is -3.57. The standard InChI is InChI=1S/C25H20ClNO4/c1-15-5-3-4-6-20(15)27-22(16-9-13-19(31-2)14-10-16)21(24(29)25(27)30)23(28)17-7-11-18(26)12-8-17/h3-14,22,28H,1-2H3/t22-/m1/s1. The van der Waals surface area contributed by atoms with Crippen LogP contribution in [0, 0.1) is 6.92 Å². The number of ether oxygens (including phenoxy) is 1. The lowest BCUT2D eigenvalue weighted by Gasteiger charge is -2.27. The third-order valence-corrected chi connectivity index (χ3v) is 5.62. The highest BCUT2D eigenvalue weighted by atomic mass is 35.5. The number of rotatable bonds is 4. The molecule has 3 aromatic rings. The minimum atomic E-state index is -0.789. The summed E-state index contributed by atoms with van der Waals surface area (Å²) in [6.07, 6.45) is 0. The van der Waals surface area contributed by atoms with Crippen molar-refractivity contribution >= 4 is 34.7 Å². The van der Waals surface area contributed by atoms with Gasteiger partial charge in [-0.1, -0.05) is 41.9 Å². The van der Waals surface area contributed by atoms with E-state index in [2.05, 4.69) is 0 Å². The smallest absolute Gasteiger partial charge is 0.300 e. The third-order valence-electron chi connectivity index (χ3n) is 5.37. The Morgan fingerprint density at radius 3 is 2.23 bits per heavy atom. The summed E-state index contributed by atoms with van der Waals surface area (Å²) in [6.45, 7) is 1.87. The maximum absolute atomic E-state index is 13.2. The lowest BCUT2D eigenvalue weighted by Crippen LogP contribution is -2.30. The van der Waals surface area contributed by atoms with Crippen LogP contribution in [0.4, 0.5) is 5.69 Å². The van der Waals surface area contributed by atoms with E-state index in [1.54, 1.807) is 61.7 Å². The van der Waals surface area contributed by atoms with Crippen molar-refractivity contribution in [2.24, 2.45) is 0 Å². The fraction of sp³-hybridized carbons (Fsp3) is 0.120. The van der Waals surface area contributed by atoms with E-state index >= 15 is 0 Å². The van der Waals surface area contributed by atoms with E-state index in [1.807, 2.05) is 25.1 Å². The van der Waals surface area contributed by atoms with Crippen molar-refractivity contribution in [3.8, 4) is 5.75 Å². The quantitative estimate of drug-likeness (QED) is 0.345. The molecule has 5 nitrogen and oxygen atoms in total. The van der Waals surface area contributed by atoms with Crippen LogP contribution in [0.25, 0.3) is 5.76 Å². The number of aryl methyl sites for hydroxylation is 1. The molecule has 1 amide bonds. The predicted octanol–water partition coefficient (Wildman–Crippen LogP) is 5.28. The Morgan fingerprint density at radius 1 is 0.968 bits per heavy atom. The monoisotopic (exact) mass is 433 g/mol. The van der Waals surface area contributed by atoms with Crippen LogP contribution < -0.4 is 9.64 Å². The fourth-order valence-corrected chi connectivity index (χ4v) is 3.91. The number of hydrogen-bond donors (Lipinski definition) is 1. The highest BCUT2D eigenvalue weighted by molar-refractivity contribution is 6.51. The summed E-state index contributed by atoms with van der Waals surface area (Å²) in [5, 5.41) is 11.6. The van der Waals surface area contributed by atoms with Gasteiger partial charge in [0.25, 0.3) is 11.7 Å². The van der Waals surface area contributed by atoms with Gasteiger partial charge in [0.1, 0.15) is 11.5 Å². The van der Waals surface area contributed by atoms with E-state index in [0.29, 0.717) is 27.6 Å². The summed E-state index contributed by atoms with van der Waals surface area (Å²) in [5.41, 5.74) is 2.57. The number of amides is 1. The fourth-order valence-electron chi connectivity index (χ4n) is 3.78. The molecule has 1 fully saturated rings. The number of para-hydroxylation sites is 1. The molecule has 0 bridgehead atoms. The number of aliphatic hydroxyl groups excluding tert-OH is 1. The lowest BCUT2D eigenvalue weighted by atomic mass is 9.95. The molecule has 1 saturated heterocycles. The summed E-state index contributed by atoms with van der Waals surface area (Å²) in [7, 11) is 1.56. The number of benzene rings is 3. The first-order valence-corrected chi connectivity index (χ1v) is 10.1. The second kappa shape index (κ2) is 8.28. The van der Waals surface area contributed by atoms with Crippen molar-refractivity contribution in [2.45, 2.75) is 13.0 Å². The molecule has 4 rings (SSSR count). The van der Waals surface area contributed by atoms with Crippen molar-refractivity contribution in [3.05, 3.63) is 100 Å². The number of Topliss-reactive ketones (excluding diaryl/α,β-unsaturated/α-hetero) is 1. The van der Waals surface area contributed by atoms with Gasteiger partial charge in [0.15, 0.2) is 0 Å². The van der Waals surface area contributed by atoms with Crippen LogP contribution in [0.3, 0.4) is 0 Å². The summed E-state index contributed by atoms with van der Waals surface area (Å²) in [5.74, 6) is -1.02. The molecule has 156 valence electrons. The molecule has 31 heavy (non-hydrogen) atoms. The number of anilines is 1. The number of carbonyl (C=O) groups excluding carboxylic acids is 2. The molecule has 0 aliphatic carbocycles. The van der Waals surface area contributed by atoms with Crippen LogP contribution in [-0.2, 0) is 9.59 Å². The Labute approximate surface area is 185 Å². The topological polar surface area (TPSA) is 66.8 Å². The van der Waals surface area contributed by atoms with Crippen LogP contribution in [0.2, 0.25) is 5.02 Å². The first-order chi connectivity index (χ1) is 14.9. The molecule has 0 unspecified atom stereocenters. The zero-order chi connectivity index (χ0) is 22.1. The molecule has 1 atom stereocenters. The second-order valence-corrected chi connectivity index (χ2v) is 7.67. The predicted molar refractivity (Wildman–Crippen MR) is 120 cm³/mol. The number of hydrogen-bond acceptors (Lipinski definition) is 4. The Balaban J connectivity index is 1.95. The van der Waals surface area contributed by atoms with E-state index in [4.69, 9.17) is 16.3 Å². The van der Waals surface area contributed by atoms with Gasteiger partial charge in [0.2, 0.25) is 0 Å². The first kappa shape index (κ1) is 20.7. The SMILES string of the molecule is COc1ccc([C@@H]2C(=C(O)c3ccc(Cl)cc3)C(=O)C(=O)N2c2ccccc2C)cc1. The molecule has 1 aliphatic heterocycles. The Morgan fingerprint density at radius 2 is 1.61 bits per heavy atom.